The molecule has 0 saturated heterocycles. The second-order valence-corrected chi connectivity index (χ2v) is 3.66. The summed E-state index contributed by atoms with van der Waals surface area (Å²) >= 11 is 2.97. The van der Waals surface area contributed by atoms with Crippen LogP contribution < -0.4 is 5.56 Å². The summed E-state index contributed by atoms with van der Waals surface area (Å²) in [4.78, 5) is 17.0. The van der Waals surface area contributed by atoms with E-state index in [0.29, 0.717) is 0 Å². The third-order valence-corrected chi connectivity index (χ3v) is 2.10. The van der Waals surface area contributed by atoms with Gasteiger partial charge in [-0.2, -0.15) is 0 Å². The van der Waals surface area contributed by atoms with Crippen molar-refractivity contribution >= 4 is 15.9 Å². The van der Waals surface area contributed by atoms with Gasteiger partial charge in [0.2, 0.25) is 0 Å². The van der Waals surface area contributed by atoms with Crippen LogP contribution in [0.5, 0.6) is 0 Å². The molecule has 0 spiro atoms. The number of aromatic nitrogens is 2. The quantitative estimate of drug-likeness (QED) is 0.805. The number of hydrogen-bond acceptors (Lipinski definition) is 2. The van der Waals surface area contributed by atoms with E-state index in [1.807, 2.05) is 0 Å². The van der Waals surface area contributed by atoms with Crippen LogP contribution in [0.2, 0.25) is 0 Å². The van der Waals surface area contributed by atoms with Gasteiger partial charge >= 0.3 is 0 Å². The summed E-state index contributed by atoms with van der Waals surface area (Å²) in [5, 5.41) is 0. The third kappa shape index (κ3) is 1.72. The molecule has 1 aromatic heterocycles. The molecule has 5 heteroatoms. The molecule has 0 aliphatic carbocycles. The standard InChI is InChI=1S/C7H8BrFN2O/c1-7(2,9)5-4(8)6(12)11-3-10-5/h3H,1-2H3,(H,10,11,12). The molecule has 1 N–H and O–H groups in total. The van der Waals surface area contributed by atoms with Crippen LogP contribution in [-0.2, 0) is 5.67 Å². The Hall–Kier alpha value is -0.710. The maximum absolute atomic E-state index is 13.3. The molecule has 0 saturated carbocycles. The van der Waals surface area contributed by atoms with Gasteiger partial charge in [0.05, 0.1) is 12.0 Å². The number of aromatic amines is 1. The Morgan fingerprint density at radius 2 is 2.25 bits per heavy atom. The Balaban J connectivity index is 3.36. The van der Waals surface area contributed by atoms with E-state index in [1.54, 1.807) is 0 Å². The summed E-state index contributed by atoms with van der Waals surface area (Å²) in [5.74, 6) is 0. The number of hydrogen-bond donors (Lipinski definition) is 1. The molecular weight excluding hydrogens is 227 g/mol. The van der Waals surface area contributed by atoms with Crippen molar-refractivity contribution in [2.45, 2.75) is 19.5 Å². The first-order valence-electron chi connectivity index (χ1n) is 3.35. The Morgan fingerprint density at radius 1 is 1.67 bits per heavy atom. The summed E-state index contributed by atoms with van der Waals surface area (Å²) < 4.78 is 13.5. The molecule has 1 aromatic rings. The van der Waals surface area contributed by atoms with E-state index in [0.717, 1.165) is 0 Å². The first-order chi connectivity index (χ1) is 5.43. The minimum atomic E-state index is -1.60. The number of halogens is 2. The average molecular weight is 235 g/mol. The van der Waals surface area contributed by atoms with Gasteiger partial charge < -0.3 is 4.98 Å². The van der Waals surface area contributed by atoms with Crippen molar-refractivity contribution < 1.29 is 4.39 Å². The van der Waals surface area contributed by atoms with Crippen molar-refractivity contribution in [3.63, 3.8) is 0 Å². The zero-order valence-corrected chi connectivity index (χ0v) is 8.27. The van der Waals surface area contributed by atoms with Gasteiger partial charge in [-0.1, -0.05) is 0 Å². The fraction of sp³-hybridized carbons (Fsp3) is 0.429. The molecule has 0 unspecified atom stereocenters. The van der Waals surface area contributed by atoms with Crippen LogP contribution in [0.4, 0.5) is 4.39 Å². The lowest BCUT2D eigenvalue weighted by molar-refractivity contribution is 0.212. The fourth-order valence-corrected chi connectivity index (χ4v) is 1.49. The summed E-state index contributed by atoms with van der Waals surface area (Å²) in [7, 11) is 0. The monoisotopic (exact) mass is 234 g/mol. The van der Waals surface area contributed by atoms with Gasteiger partial charge in [0.15, 0.2) is 0 Å². The van der Waals surface area contributed by atoms with Gasteiger partial charge in [0.25, 0.3) is 5.56 Å². The van der Waals surface area contributed by atoms with Crippen LogP contribution in [-0.4, -0.2) is 9.97 Å². The second-order valence-electron chi connectivity index (χ2n) is 2.87. The van der Waals surface area contributed by atoms with Crippen LogP contribution in [0.3, 0.4) is 0 Å². The highest BCUT2D eigenvalue weighted by atomic mass is 79.9. The molecule has 3 nitrogen and oxygen atoms in total. The smallest absolute Gasteiger partial charge is 0.265 e. The van der Waals surface area contributed by atoms with Crippen LogP contribution >= 0.6 is 15.9 Å². The topological polar surface area (TPSA) is 45.8 Å². The van der Waals surface area contributed by atoms with E-state index >= 15 is 0 Å². The summed E-state index contributed by atoms with van der Waals surface area (Å²) in [6.45, 7) is 2.69. The lowest BCUT2D eigenvalue weighted by Gasteiger charge is -2.13. The van der Waals surface area contributed by atoms with Gasteiger partial charge in [0.1, 0.15) is 10.1 Å². The highest BCUT2D eigenvalue weighted by Gasteiger charge is 2.24. The average Bonchev–Trinajstić information content (AvgIpc) is 1.92. The Bertz CT molecular complexity index is 342. The predicted octanol–water partition coefficient (Wildman–Crippen LogP) is 1.74. The van der Waals surface area contributed by atoms with Crippen molar-refractivity contribution in [2.24, 2.45) is 0 Å². The lowest BCUT2D eigenvalue weighted by atomic mass is 10.1. The van der Waals surface area contributed by atoms with E-state index in [9.17, 15) is 9.18 Å². The van der Waals surface area contributed by atoms with E-state index in [4.69, 9.17) is 0 Å². The number of nitrogens with zero attached hydrogens (tertiary/aromatic N) is 1. The largest absolute Gasteiger partial charge is 0.312 e. The SMILES string of the molecule is CC(C)(F)c1nc[nH]c(=O)c1Br. The van der Waals surface area contributed by atoms with E-state index in [2.05, 4.69) is 25.9 Å². The summed E-state index contributed by atoms with van der Waals surface area (Å²) in [5.41, 5.74) is -1.86. The molecule has 1 heterocycles. The van der Waals surface area contributed by atoms with Gasteiger partial charge in [-0.15, -0.1) is 0 Å². The molecule has 0 radical (unpaired) electrons. The first-order valence-corrected chi connectivity index (χ1v) is 4.15. The lowest BCUT2D eigenvalue weighted by Crippen LogP contribution is -2.19. The first kappa shape index (κ1) is 9.38. The van der Waals surface area contributed by atoms with Crippen molar-refractivity contribution in [3.8, 4) is 0 Å². The molecule has 0 bridgehead atoms. The molecule has 1 rings (SSSR count). The number of alkyl halides is 1. The molecule has 0 aliphatic heterocycles. The van der Waals surface area contributed by atoms with Gasteiger partial charge in [-0.25, -0.2) is 9.37 Å². The Morgan fingerprint density at radius 3 is 2.67 bits per heavy atom. The maximum atomic E-state index is 13.3. The minimum Gasteiger partial charge on any atom is -0.312 e. The zero-order valence-electron chi connectivity index (χ0n) is 6.69. The Kier molecular flexibility index (Phi) is 2.32. The molecule has 12 heavy (non-hydrogen) atoms. The molecule has 66 valence electrons. The normalized spacial score (nSPS) is 11.7. The molecule has 0 fully saturated rings. The highest BCUT2D eigenvalue weighted by molar-refractivity contribution is 9.10. The minimum absolute atomic E-state index is 0.117. The molecule has 0 aliphatic rings. The molecular formula is C7H8BrFN2O. The summed E-state index contributed by atoms with van der Waals surface area (Å²) in [6, 6.07) is 0. The number of nitrogens with one attached hydrogen (secondary N) is 1. The predicted molar refractivity (Wildman–Crippen MR) is 46.7 cm³/mol. The fourth-order valence-electron chi connectivity index (χ4n) is 0.797. The van der Waals surface area contributed by atoms with E-state index in [1.165, 1.54) is 20.2 Å². The van der Waals surface area contributed by atoms with Crippen molar-refractivity contribution in [3.05, 3.63) is 26.8 Å². The van der Waals surface area contributed by atoms with Crippen LogP contribution in [0.15, 0.2) is 15.6 Å². The maximum Gasteiger partial charge on any atom is 0.265 e. The highest BCUT2D eigenvalue weighted by Crippen LogP contribution is 2.26. The molecule has 0 amide bonds. The second kappa shape index (κ2) is 2.97. The Labute approximate surface area is 77.2 Å². The van der Waals surface area contributed by atoms with Crippen molar-refractivity contribution in [1.82, 2.24) is 9.97 Å². The van der Waals surface area contributed by atoms with Gasteiger partial charge in [-0.3, -0.25) is 4.79 Å². The third-order valence-electron chi connectivity index (χ3n) is 1.36. The number of rotatable bonds is 1. The van der Waals surface area contributed by atoms with E-state index in [-0.39, 0.29) is 15.7 Å². The van der Waals surface area contributed by atoms with Gasteiger partial charge in [0, 0.05) is 0 Å². The summed E-state index contributed by atoms with van der Waals surface area (Å²) in [6.07, 6.45) is 1.18. The number of H-pyrrole nitrogens is 1. The van der Waals surface area contributed by atoms with Crippen LogP contribution in [0.25, 0.3) is 0 Å². The van der Waals surface area contributed by atoms with Crippen LogP contribution in [0.1, 0.15) is 19.5 Å². The van der Waals surface area contributed by atoms with E-state index < -0.39 is 5.67 Å². The van der Waals surface area contributed by atoms with Crippen LogP contribution in [0, 0.1) is 0 Å². The molecule has 0 aromatic carbocycles. The van der Waals surface area contributed by atoms with Crippen molar-refractivity contribution in [2.75, 3.05) is 0 Å². The van der Waals surface area contributed by atoms with Gasteiger partial charge in [-0.05, 0) is 29.8 Å². The zero-order chi connectivity index (χ0) is 9.35. The van der Waals surface area contributed by atoms with Crippen molar-refractivity contribution in [1.29, 1.82) is 0 Å². The molecule has 0 atom stereocenters.